The average Bonchev–Trinajstić information content (AvgIpc) is 3.20. The van der Waals surface area contributed by atoms with Gasteiger partial charge in [-0.1, -0.05) is 30.7 Å². The normalized spacial score (nSPS) is 27.5. The Morgan fingerprint density at radius 3 is 2.36 bits per heavy atom. The van der Waals surface area contributed by atoms with Gasteiger partial charge in [-0.3, -0.25) is 4.79 Å². The lowest BCUT2D eigenvalue weighted by molar-refractivity contribution is -0.149. The molecule has 0 aliphatic heterocycles. The number of ether oxygens (including phenoxy) is 1. The average molecular weight is 346 g/mol. The maximum atomic E-state index is 12.4. The Kier molecular flexibility index (Phi) is 4.84. The van der Waals surface area contributed by atoms with Gasteiger partial charge in [-0.25, -0.2) is 8.42 Å². The van der Waals surface area contributed by atoms with E-state index in [2.05, 4.69) is 0 Å². The molecule has 0 spiro atoms. The molecule has 1 saturated carbocycles. The second kappa shape index (κ2) is 6.18. The van der Waals surface area contributed by atoms with Crippen LogP contribution in [-0.2, 0) is 19.4 Å². The van der Waals surface area contributed by atoms with Crippen molar-refractivity contribution in [3.05, 3.63) is 34.9 Å². The first kappa shape index (κ1) is 17.2. The number of nitrogens with two attached hydrogens (primary N) is 1. The summed E-state index contributed by atoms with van der Waals surface area (Å²) in [5.74, 6) is -1.07. The molecule has 122 valence electrons. The highest BCUT2D eigenvalue weighted by molar-refractivity contribution is 7.92. The predicted molar refractivity (Wildman–Crippen MR) is 85.6 cm³/mol. The molecule has 7 heteroatoms. The van der Waals surface area contributed by atoms with Crippen LogP contribution in [0.4, 0.5) is 0 Å². The van der Waals surface area contributed by atoms with Gasteiger partial charge >= 0.3 is 5.97 Å². The highest BCUT2D eigenvalue weighted by atomic mass is 35.5. The predicted octanol–water partition coefficient (Wildman–Crippen LogP) is 1.75. The first-order chi connectivity index (χ1) is 10.3. The van der Waals surface area contributed by atoms with Gasteiger partial charge in [0.05, 0.1) is 11.9 Å². The lowest BCUT2D eigenvalue weighted by Crippen LogP contribution is -2.34. The molecule has 0 aromatic heterocycles. The molecule has 2 N–H and O–H groups in total. The maximum Gasteiger partial charge on any atom is 0.315 e. The van der Waals surface area contributed by atoms with E-state index in [1.165, 1.54) is 0 Å². The van der Waals surface area contributed by atoms with Crippen molar-refractivity contribution < 1.29 is 17.9 Å². The van der Waals surface area contributed by atoms with Crippen molar-refractivity contribution in [2.75, 3.05) is 18.9 Å². The minimum atomic E-state index is -3.43. The number of sulfone groups is 1. The fourth-order valence-electron chi connectivity index (χ4n) is 3.09. The number of benzene rings is 1. The Balaban J connectivity index is 2.49. The first-order valence-corrected chi connectivity index (χ1v) is 9.28. The third-order valence-corrected chi connectivity index (χ3v) is 6.79. The number of hydrogen-bond donors (Lipinski definition) is 1. The first-order valence-electron chi connectivity index (χ1n) is 7.19. The quantitative estimate of drug-likeness (QED) is 0.794. The molecule has 0 saturated heterocycles. The third kappa shape index (κ3) is 2.64. The minimum Gasteiger partial charge on any atom is -0.465 e. The number of carbonyl (C=O) groups excluding carboxylic acids is 1. The number of carbonyl (C=O) groups is 1. The summed E-state index contributed by atoms with van der Waals surface area (Å²) in [6.07, 6.45) is 0. The van der Waals surface area contributed by atoms with E-state index < -0.39 is 32.4 Å². The Labute approximate surface area is 135 Å². The van der Waals surface area contributed by atoms with Crippen LogP contribution in [0, 0.1) is 5.41 Å². The summed E-state index contributed by atoms with van der Waals surface area (Å²) in [5, 5.41) is -0.288. The van der Waals surface area contributed by atoms with E-state index in [0.29, 0.717) is 5.02 Å². The molecule has 22 heavy (non-hydrogen) atoms. The second-order valence-corrected chi connectivity index (χ2v) is 8.21. The van der Waals surface area contributed by atoms with Crippen LogP contribution in [0.5, 0.6) is 0 Å². The fraction of sp³-hybridized carbons (Fsp3) is 0.533. The Morgan fingerprint density at radius 1 is 1.32 bits per heavy atom. The van der Waals surface area contributed by atoms with Gasteiger partial charge in [0, 0.05) is 23.2 Å². The van der Waals surface area contributed by atoms with Gasteiger partial charge in [0.2, 0.25) is 0 Å². The highest BCUT2D eigenvalue weighted by Gasteiger charge is 2.74. The van der Waals surface area contributed by atoms with E-state index in [-0.39, 0.29) is 18.9 Å². The Morgan fingerprint density at radius 2 is 1.91 bits per heavy atom. The SMILES string of the molecule is CCOC(=O)[C@]1(CN)[C@@H](c2ccc(Cl)cc2)[C@@H]1S(=O)(=O)CC. The van der Waals surface area contributed by atoms with Crippen LogP contribution in [0.2, 0.25) is 5.02 Å². The third-order valence-electron chi connectivity index (χ3n) is 4.27. The minimum absolute atomic E-state index is 0.0388. The van der Waals surface area contributed by atoms with Gasteiger partial charge in [0.1, 0.15) is 5.41 Å². The molecule has 5 nitrogen and oxygen atoms in total. The molecule has 0 radical (unpaired) electrons. The second-order valence-electron chi connectivity index (χ2n) is 5.37. The molecule has 0 heterocycles. The van der Waals surface area contributed by atoms with E-state index in [1.54, 1.807) is 38.1 Å². The zero-order valence-corrected chi connectivity index (χ0v) is 14.2. The Bertz CT molecular complexity index is 659. The van der Waals surface area contributed by atoms with Gasteiger partial charge in [-0.05, 0) is 24.6 Å². The maximum absolute atomic E-state index is 12.4. The number of rotatable bonds is 6. The molecule has 1 aliphatic carbocycles. The van der Waals surface area contributed by atoms with Gasteiger partial charge in [-0.2, -0.15) is 0 Å². The van der Waals surface area contributed by atoms with Crippen LogP contribution in [0.1, 0.15) is 25.3 Å². The van der Waals surface area contributed by atoms with Crippen molar-refractivity contribution in [3.63, 3.8) is 0 Å². The van der Waals surface area contributed by atoms with Crippen molar-refractivity contribution in [1.82, 2.24) is 0 Å². The molecule has 1 aromatic carbocycles. The lowest BCUT2D eigenvalue weighted by Gasteiger charge is -2.14. The van der Waals surface area contributed by atoms with Crippen LogP contribution in [0.25, 0.3) is 0 Å². The molecule has 0 bridgehead atoms. The molecule has 2 rings (SSSR count). The standard InChI is InChI=1S/C15H20ClNO4S/c1-3-21-14(18)15(9-17)12(13(15)22(19,20)4-2)10-5-7-11(16)8-6-10/h5-8,12-13H,3-4,9,17H2,1-2H3/t12-,13-,15+/m0/s1. The number of esters is 1. The molecule has 1 fully saturated rings. The molecule has 3 atom stereocenters. The number of halogens is 1. The van der Waals surface area contributed by atoms with E-state index in [9.17, 15) is 13.2 Å². The summed E-state index contributed by atoms with van der Waals surface area (Å²) in [6, 6.07) is 6.83. The molecular formula is C15H20ClNO4S. The zero-order valence-electron chi connectivity index (χ0n) is 12.6. The van der Waals surface area contributed by atoms with Crippen molar-refractivity contribution in [2.45, 2.75) is 25.0 Å². The fourth-order valence-corrected chi connectivity index (χ4v) is 5.29. The Hall–Kier alpha value is -1.11. The largest absolute Gasteiger partial charge is 0.465 e. The topological polar surface area (TPSA) is 86.5 Å². The number of hydrogen-bond acceptors (Lipinski definition) is 5. The van der Waals surface area contributed by atoms with Crippen LogP contribution >= 0.6 is 11.6 Å². The van der Waals surface area contributed by atoms with Crippen molar-refractivity contribution >= 4 is 27.4 Å². The molecular weight excluding hydrogens is 326 g/mol. The summed E-state index contributed by atoms with van der Waals surface area (Å²) in [5.41, 5.74) is 5.35. The van der Waals surface area contributed by atoms with Gasteiger partial charge in [-0.15, -0.1) is 0 Å². The van der Waals surface area contributed by atoms with Crippen LogP contribution in [0.15, 0.2) is 24.3 Å². The van der Waals surface area contributed by atoms with Crippen molar-refractivity contribution in [1.29, 1.82) is 0 Å². The van der Waals surface area contributed by atoms with Crippen molar-refractivity contribution in [2.24, 2.45) is 11.1 Å². The highest BCUT2D eigenvalue weighted by Crippen LogP contribution is 2.63. The van der Waals surface area contributed by atoms with Gasteiger partial charge in [0.25, 0.3) is 0 Å². The van der Waals surface area contributed by atoms with Gasteiger partial charge < -0.3 is 10.5 Å². The van der Waals surface area contributed by atoms with E-state index >= 15 is 0 Å². The summed E-state index contributed by atoms with van der Waals surface area (Å²) < 4.78 is 29.9. The van der Waals surface area contributed by atoms with Crippen LogP contribution < -0.4 is 5.73 Å². The summed E-state index contributed by atoms with van der Waals surface area (Å²) in [7, 11) is -3.43. The molecule has 0 unspecified atom stereocenters. The van der Waals surface area contributed by atoms with E-state index in [1.807, 2.05) is 0 Å². The van der Waals surface area contributed by atoms with E-state index in [4.69, 9.17) is 22.1 Å². The van der Waals surface area contributed by atoms with Crippen molar-refractivity contribution in [3.8, 4) is 0 Å². The van der Waals surface area contributed by atoms with Crippen LogP contribution in [-0.4, -0.2) is 38.5 Å². The molecule has 1 aromatic rings. The summed E-state index contributed by atoms with van der Waals surface area (Å²) in [4.78, 5) is 12.4. The smallest absolute Gasteiger partial charge is 0.315 e. The van der Waals surface area contributed by atoms with Crippen LogP contribution in [0.3, 0.4) is 0 Å². The lowest BCUT2D eigenvalue weighted by atomic mass is 9.99. The zero-order chi connectivity index (χ0) is 16.5. The molecule has 0 amide bonds. The summed E-state index contributed by atoms with van der Waals surface area (Å²) >= 11 is 5.87. The monoisotopic (exact) mass is 345 g/mol. The van der Waals surface area contributed by atoms with Gasteiger partial charge in [0.15, 0.2) is 9.84 Å². The summed E-state index contributed by atoms with van der Waals surface area (Å²) in [6.45, 7) is 3.37. The van der Waals surface area contributed by atoms with E-state index in [0.717, 1.165) is 5.56 Å². The molecule has 1 aliphatic rings.